The monoisotopic (exact) mass is 621 g/mol. The van der Waals surface area contributed by atoms with Crippen molar-refractivity contribution < 1.29 is 24.2 Å². The van der Waals surface area contributed by atoms with Gasteiger partial charge in [0.15, 0.2) is 0 Å². The number of alkyl carbamates (subject to hydrolysis) is 1. The van der Waals surface area contributed by atoms with Gasteiger partial charge in [0.05, 0.1) is 5.75 Å². The summed E-state index contributed by atoms with van der Waals surface area (Å²) in [6.07, 6.45) is -0.0872. The maximum atomic E-state index is 11.9. The van der Waals surface area contributed by atoms with Crippen LogP contribution in [0.3, 0.4) is 0 Å². The van der Waals surface area contributed by atoms with Crippen LogP contribution in [0.2, 0.25) is 0 Å². The van der Waals surface area contributed by atoms with Crippen molar-refractivity contribution >= 4 is 64.6 Å². The minimum Gasteiger partial charge on any atom is -0.480 e. The molecule has 1 aromatic carbocycles. The van der Waals surface area contributed by atoms with Crippen LogP contribution in [0.1, 0.15) is 39.7 Å². The molecule has 1 atom stereocenters. The van der Waals surface area contributed by atoms with Crippen molar-refractivity contribution in [3.63, 3.8) is 0 Å². The predicted molar refractivity (Wildman–Crippen MR) is 125 cm³/mol. The van der Waals surface area contributed by atoms with Crippen molar-refractivity contribution in [2.45, 2.75) is 57.1 Å². The molecular weight excluding hydrogens is 596 g/mol. The number of aliphatic carboxylic acids is 1. The molecule has 0 aliphatic carbocycles. The number of carbonyl (C=O) groups is 3. The van der Waals surface area contributed by atoms with Crippen LogP contribution in [0, 0.1) is 0 Å². The molecule has 9 heteroatoms. The molecule has 1 aromatic rings. The summed E-state index contributed by atoms with van der Waals surface area (Å²) >= 11 is 4.68. The molecule has 0 fully saturated rings. The molecule has 0 aliphatic heterocycles. The molecule has 0 saturated heterocycles. The normalized spacial score (nSPS) is 13.6. The Morgan fingerprint density at radius 1 is 1.19 bits per heavy atom. The van der Waals surface area contributed by atoms with Gasteiger partial charge in [0.25, 0.3) is 0 Å². The molecule has 1 amide bonds. The first-order chi connectivity index (χ1) is 12.3. The molecule has 0 aliphatic rings. The number of benzene rings is 1. The molecule has 152 valence electrons. The van der Waals surface area contributed by atoms with E-state index in [9.17, 15) is 19.5 Å². The van der Waals surface area contributed by atoms with Crippen molar-refractivity contribution in [3.05, 3.63) is 29.8 Å². The number of amides is 1. The van der Waals surface area contributed by atoms with Crippen molar-refractivity contribution in [2.24, 2.45) is 0 Å². The van der Waals surface area contributed by atoms with E-state index in [4.69, 9.17) is 4.74 Å². The fourth-order valence-corrected chi connectivity index (χ4v) is 7.25. The van der Waals surface area contributed by atoms with Gasteiger partial charge in [-0.25, -0.2) is 9.59 Å². The summed E-state index contributed by atoms with van der Waals surface area (Å²) in [5, 5.41) is 11.8. The number of carbonyl (C=O) groups excluding carboxylic acids is 2. The Morgan fingerprint density at radius 2 is 1.74 bits per heavy atom. The standard InChI is InChI=1S/C18H25I2NO5S/c1-5-13(22)11-27(19,20)14-8-6-12(7-9-14)10-15(16(23)24)21-17(25)26-18(2,3)4/h6-9,15H,5,10-11H2,1-4H3,(H,21,25)(H,23,24). The van der Waals surface area contributed by atoms with Gasteiger partial charge in [0.1, 0.15) is 17.4 Å². The molecule has 0 heterocycles. The zero-order valence-electron chi connectivity index (χ0n) is 15.8. The number of halogens is 2. The third-order valence-corrected chi connectivity index (χ3v) is 10.00. The Morgan fingerprint density at radius 3 is 2.19 bits per heavy atom. The second kappa shape index (κ2) is 10.3. The average molecular weight is 621 g/mol. The maximum Gasteiger partial charge on any atom is 0.408 e. The molecule has 0 radical (unpaired) electrons. The Balaban J connectivity index is 2.83. The summed E-state index contributed by atoms with van der Waals surface area (Å²) in [5.74, 6) is -0.381. The molecule has 27 heavy (non-hydrogen) atoms. The van der Waals surface area contributed by atoms with Gasteiger partial charge in [-0.1, -0.05) is 23.4 Å². The Hall–Kier alpha value is -0.560. The van der Waals surface area contributed by atoms with E-state index in [1.165, 1.54) is 0 Å². The van der Waals surface area contributed by atoms with E-state index in [2.05, 4.69) is 47.7 Å². The zero-order valence-corrected chi connectivity index (χ0v) is 20.9. The van der Waals surface area contributed by atoms with Gasteiger partial charge in [-0.05, 0) is 80.9 Å². The van der Waals surface area contributed by atoms with Crippen LogP contribution in [0.25, 0.3) is 0 Å². The van der Waals surface area contributed by atoms with E-state index >= 15 is 0 Å². The number of carboxylic acids is 1. The highest BCUT2D eigenvalue weighted by Crippen LogP contribution is 2.70. The lowest BCUT2D eigenvalue weighted by Crippen LogP contribution is -2.44. The van der Waals surface area contributed by atoms with Crippen molar-refractivity contribution in [1.82, 2.24) is 5.32 Å². The second-order valence-electron chi connectivity index (χ2n) is 7.00. The van der Waals surface area contributed by atoms with E-state index in [0.717, 1.165) is 10.5 Å². The Labute approximate surface area is 185 Å². The third-order valence-electron chi connectivity index (χ3n) is 3.43. The fraction of sp³-hybridized carbons (Fsp3) is 0.500. The largest absolute Gasteiger partial charge is 0.480 e. The first-order valence-electron chi connectivity index (χ1n) is 8.37. The quantitative estimate of drug-likeness (QED) is 0.397. The first-order valence-corrected chi connectivity index (χ1v) is 15.3. The summed E-state index contributed by atoms with van der Waals surface area (Å²) in [6.45, 7) is 7.00. The third kappa shape index (κ3) is 8.99. The Bertz CT molecular complexity index is 686. The molecular formula is C18H25I2NO5S. The lowest BCUT2D eigenvalue weighted by molar-refractivity contribution is -0.139. The highest BCUT2D eigenvalue weighted by Gasteiger charge is 2.25. The van der Waals surface area contributed by atoms with E-state index in [1.54, 1.807) is 20.8 Å². The number of nitrogens with one attached hydrogen (secondary N) is 1. The number of hydrogen-bond donors (Lipinski definition) is 2. The molecule has 2 N–H and O–H groups in total. The van der Waals surface area contributed by atoms with Crippen LogP contribution >= 0.6 is 46.8 Å². The summed E-state index contributed by atoms with van der Waals surface area (Å²) in [4.78, 5) is 36.2. The summed E-state index contributed by atoms with van der Waals surface area (Å²) < 4.78 is 3.84. The zero-order chi connectivity index (χ0) is 20.8. The second-order valence-corrected chi connectivity index (χ2v) is 23.0. The highest BCUT2D eigenvalue weighted by atomic mass is 127. The number of hydrogen-bond acceptors (Lipinski definition) is 4. The highest BCUT2D eigenvalue weighted by molar-refractivity contribution is 14.3. The molecule has 1 rings (SSSR count). The van der Waals surface area contributed by atoms with Gasteiger partial charge in [-0.15, -0.1) is 0 Å². The summed E-state index contributed by atoms with van der Waals surface area (Å²) in [6, 6.07) is 6.47. The van der Waals surface area contributed by atoms with Crippen LogP contribution < -0.4 is 5.32 Å². The number of Topliss-reactive ketones (excluding diaryl/α,β-unsaturated/α-hetero) is 1. The van der Waals surface area contributed by atoms with Gasteiger partial charge in [0, 0.05) is 17.7 Å². The minimum atomic E-state index is -1.29. The van der Waals surface area contributed by atoms with Crippen molar-refractivity contribution in [1.29, 1.82) is 0 Å². The smallest absolute Gasteiger partial charge is 0.408 e. The molecule has 6 nitrogen and oxygen atoms in total. The summed E-state index contributed by atoms with van der Waals surface area (Å²) in [5.41, 5.74) is 0.0872. The SMILES string of the molecule is CCC(=O)CS(I)(I)c1ccc(CC(NC(=O)OC(C)(C)C)C(=O)O)cc1. The summed E-state index contributed by atoms with van der Waals surface area (Å²) in [7, 11) is 0. The van der Waals surface area contributed by atoms with Crippen LogP contribution in [-0.4, -0.2) is 40.3 Å². The van der Waals surface area contributed by atoms with Crippen molar-refractivity contribution in [2.75, 3.05) is 5.75 Å². The molecule has 1 unspecified atom stereocenters. The first kappa shape index (κ1) is 24.5. The van der Waals surface area contributed by atoms with E-state index in [1.807, 2.05) is 31.2 Å². The number of ketones is 1. The van der Waals surface area contributed by atoms with Crippen LogP contribution in [-0.2, 0) is 20.7 Å². The lowest BCUT2D eigenvalue weighted by atomic mass is 10.1. The number of rotatable bonds is 8. The van der Waals surface area contributed by atoms with Crippen LogP contribution in [0.5, 0.6) is 0 Å². The van der Waals surface area contributed by atoms with Gasteiger partial charge in [-0.2, -0.15) is 0 Å². The molecule has 0 saturated carbocycles. The van der Waals surface area contributed by atoms with Crippen molar-refractivity contribution in [3.8, 4) is 0 Å². The minimum absolute atomic E-state index is 0.146. The maximum absolute atomic E-state index is 11.9. The van der Waals surface area contributed by atoms with E-state index in [0.29, 0.717) is 12.2 Å². The molecule has 0 spiro atoms. The van der Waals surface area contributed by atoms with E-state index < -0.39 is 28.1 Å². The fourth-order valence-electron chi connectivity index (χ4n) is 2.10. The molecule has 0 bridgehead atoms. The Kier molecular flexibility index (Phi) is 9.32. The number of carboxylic acid groups (broad SMARTS) is 1. The molecule has 0 aromatic heterocycles. The lowest BCUT2D eigenvalue weighted by Gasteiger charge is -2.26. The van der Waals surface area contributed by atoms with Gasteiger partial charge in [0.2, 0.25) is 0 Å². The van der Waals surface area contributed by atoms with Crippen LogP contribution in [0.4, 0.5) is 4.79 Å². The predicted octanol–water partition coefficient (Wildman–Crippen LogP) is 5.05. The van der Waals surface area contributed by atoms with E-state index in [-0.39, 0.29) is 12.2 Å². The van der Waals surface area contributed by atoms with Gasteiger partial charge in [-0.3, -0.25) is 4.79 Å². The van der Waals surface area contributed by atoms with Crippen LogP contribution in [0.15, 0.2) is 29.2 Å². The topological polar surface area (TPSA) is 92.7 Å². The number of ether oxygens (including phenoxy) is 1. The average Bonchev–Trinajstić information content (AvgIpc) is 2.52. The van der Waals surface area contributed by atoms with Gasteiger partial charge >= 0.3 is 12.1 Å². The van der Waals surface area contributed by atoms with Gasteiger partial charge < -0.3 is 15.2 Å².